The zero-order valence-electron chi connectivity index (χ0n) is 18.8. The molecular formula is C26H21ClFN3O4. The van der Waals surface area contributed by atoms with E-state index in [0.717, 1.165) is 16.7 Å². The molecule has 35 heavy (non-hydrogen) atoms. The molecule has 1 aliphatic carbocycles. The lowest BCUT2D eigenvalue weighted by atomic mass is 9.95. The number of benzene rings is 2. The van der Waals surface area contributed by atoms with Crippen molar-refractivity contribution < 1.29 is 19.1 Å². The Morgan fingerprint density at radius 2 is 1.94 bits per heavy atom. The smallest absolute Gasteiger partial charge is 0.296 e. The topological polar surface area (TPSA) is 91.6 Å². The average Bonchev–Trinajstić information content (AvgIpc) is 3.32. The lowest BCUT2D eigenvalue weighted by Crippen LogP contribution is -2.47. The number of nitrogens with zero attached hydrogens (tertiary/aromatic N) is 2. The highest BCUT2D eigenvalue weighted by Crippen LogP contribution is 2.43. The zero-order valence-corrected chi connectivity index (χ0v) is 19.6. The minimum atomic E-state index is -1.08. The van der Waals surface area contributed by atoms with Crippen LogP contribution in [0.1, 0.15) is 55.1 Å². The van der Waals surface area contributed by atoms with Gasteiger partial charge >= 0.3 is 0 Å². The number of aryl methyl sites for hydroxylation is 2. The highest BCUT2D eigenvalue weighted by atomic mass is 35.5. The molecule has 1 unspecified atom stereocenters. The normalized spacial score (nSPS) is 20.1. The van der Waals surface area contributed by atoms with Crippen molar-refractivity contribution in [2.75, 3.05) is 6.54 Å². The number of pyridine rings is 1. The molecule has 3 aliphatic rings. The Labute approximate surface area is 204 Å². The molecule has 2 amide bonds. The SMILES string of the molecule is Cc1ccc2c(c1)CCC21NC(=O)c2c3c(c(O)c(=O)n21)C(=O)N(Cc1ccc(F)c(Cl)c1)CC3. The second kappa shape index (κ2) is 7.42. The molecule has 9 heteroatoms. The van der Waals surface area contributed by atoms with Crippen LogP contribution in [0.15, 0.2) is 41.2 Å². The van der Waals surface area contributed by atoms with Crippen LogP contribution in [0.5, 0.6) is 5.75 Å². The van der Waals surface area contributed by atoms with Crippen molar-refractivity contribution in [3.05, 3.63) is 96.7 Å². The summed E-state index contributed by atoms with van der Waals surface area (Å²) in [7, 11) is 0. The van der Waals surface area contributed by atoms with E-state index in [1.54, 1.807) is 0 Å². The van der Waals surface area contributed by atoms with Gasteiger partial charge in [-0.15, -0.1) is 0 Å². The molecule has 2 aromatic carbocycles. The van der Waals surface area contributed by atoms with Crippen LogP contribution in [-0.2, 0) is 25.0 Å². The van der Waals surface area contributed by atoms with Crippen LogP contribution in [0.25, 0.3) is 0 Å². The van der Waals surface area contributed by atoms with E-state index in [1.165, 1.54) is 27.7 Å². The Morgan fingerprint density at radius 1 is 1.14 bits per heavy atom. The van der Waals surface area contributed by atoms with Crippen LogP contribution in [-0.4, -0.2) is 32.9 Å². The van der Waals surface area contributed by atoms with Gasteiger partial charge in [-0.1, -0.05) is 41.4 Å². The first-order chi connectivity index (χ1) is 16.7. The third kappa shape index (κ3) is 2.99. The number of halogens is 2. The van der Waals surface area contributed by atoms with Gasteiger partial charge in [0.25, 0.3) is 17.4 Å². The van der Waals surface area contributed by atoms with Crippen LogP contribution >= 0.6 is 11.6 Å². The van der Waals surface area contributed by atoms with E-state index in [9.17, 15) is 23.9 Å². The predicted octanol–water partition coefficient (Wildman–Crippen LogP) is 3.24. The number of carbonyl (C=O) groups is 2. The van der Waals surface area contributed by atoms with Crippen molar-refractivity contribution in [1.29, 1.82) is 0 Å². The van der Waals surface area contributed by atoms with Crippen LogP contribution in [0.4, 0.5) is 4.39 Å². The van der Waals surface area contributed by atoms with Gasteiger partial charge in [-0.3, -0.25) is 19.0 Å². The Morgan fingerprint density at radius 3 is 2.71 bits per heavy atom. The van der Waals surface area contributed by atoms with Crippen molar-refractivity contribution in [1.82, 2.24) is 14.8 Å². The Kier molecular flexibility index (Phi) is 4.63. The van der Waals surface area contributed by atoms with Crippen LogP contribution in [0, 0.1) is 12.7 Å². The lowest BCUT2D eigenvalue weighted by molar-refractivity contribution is 0.0721. The average molecular weight is 494 g/mol. The Hall–Kier alpha value is -3.65. The monoisotopic (exact) mass is 493 g/mol. The molecule has 0 fully saturated rings. The van der Waals surface area contributed by atoms with Crippen LogP contribution in [0.3, 0.4) is 0 Å². The summed E-state index contributed by atoms with van der Waals surface area (Å²) in [6, 6.07) is 10.1. The van der Waals surface area contributed by atoms with Gasteiger partial charge in [0, 0.05) is 24.2 Å². The fourth-order valence-corrected chi connectivity index (χ4v) is 5.95. The van der Waals surface area contributed by atoms with Crippen molar-refractivity contribution in [3.63, 3.8) is 0 Å². The molecule has 2 aliphatic heterocycles. The molecule has 2 N–H and O–H groups in total. The van der Waals surface area contributed by atoms with Gasteiger partial charge in [0.15, 0.2) is 5.75 Å². The number of fused-ring (bicyclic) bond motifs is 6. The maximum atomic E-state index is 13.5. The lowest BCUT2D eigenvalue weighted by Gasteiger charge is -2.32. The molecule has 1 spiro atoms. The molecule has 0 bridgehead atoms. The number of rotatable bonds is 2. The van der Waals surface area contributed by atoms with Gasteiger partial charge in [0.05, 0.1) is 10.6 Å². The third-order valence-electron chi connectivity index (χ3n) is 7.32. The molecule has 0 saturated carbocycles. The van der Waals surface area contributed by atoms with Crippen molar-refractivity contribution in [2.45, 2.75) is 38.4 Å². The minimum absolute atomic E-state index is 0.0553. The van der Waals surface area contributed by atoms with E-state index in [-0.39, 0.29) is 35.8 Å². The van der Waals surface area contributed by atoms with Gasteiger partial charge < -0.3 is 15.3 Å². The van der Waals surface area contributed by atoms with E-state index in [1.807, 2.05) is 25.1 Å². The number of carbonyl (C=O) groups excluding carboxylic acids is 2. The van der Waals surface area contributed by atoms with Gasteiger partial charge in [-0.2, -0.15) is 0 Å². The van der Waals surface area contributed by atoms with Gasteiger partial charge in [-0.25, -0.2) is 4.39 Å². The summed E-state index contributed by atoms with van der Waals surface area (Å²) in [5.74, 6) is -2.21. The van der Waals surface area contributed by atoms with Gasteiger partial charge in [0.1, 0.15) is 17.2 Å². The molecule has 0 radical (unpaired) electrons. The van der Waals surface area contributed by atoms with Crippen molar-refractivity contribution >= 4 is 23.4 Å². The van der Waals surface area contributed by atoms with E-state index in [0.29, 0.717) is 24.0 Å². The van der Waals surface area contributed by atoms with E-state index < -0.39 is 34.6 Å². The first-order valence-corrected chi connectivity index (χ1v) is 11.8. The third-order valence-corrected chi connectivity index (χ3v) is 7.61. The summed E-state index contributed by atoms with van der Waals surface area (Å²) in [6.07, 6.45) is 1.44. The first-order valence-electron chi connectivity index (χ1n) is 11.4. The fourth-order valence-electron chi connectivity index (χ4n) is 5.75. The summed E-state index contributed by atoms with van der Waals surface area (Å²) in [6.45, 7) is 2.37. The number of hydrogen-bond acceptors (Lipinski definition) is 4. The summed E-state index contributed by atoms with van der Waals surface area (Å²) in [4.78, 5) is 41.6. The van der Waals surface area contributed by atoms with Crippen LogP contribution < -0.4 is 10.9 Å². The summed E-state index contributed by atoms with van der Waals surface area (Å²) in [5, 5.41) is 13.9. The number of amides is 2. The highest BCUT2D eigenvalue weighted by Gasteiger charge is 2.51. The largest absolute Gasteiger partial charge is 0.502 e. The number of aromatic nitrogens is 1. The quantitative estimate of drug-likeness (QED) is 0.573. The Balaban J connectivity index is 1.46. The maximum Gasteiger partial charge on any atom is 0.296 e. The van der Waals surface area contributed by atoms with Gasteiger partial charge in [0.2, 0.25) is 0 Å². The fraction of sp³-hybridized carbons (Fsp3) is 0.269. The molecule has 3 heterocycles. The maximum absolute atomic E-state index is 13.5. The number of hydrogen-bond donors (Lipinski definition) is 2. The molecular weight excluding hydrogens is 473 g/mol. The number of aromatic hydroxyl groups is 1. The van der Waals surface area contributed by atoms with Crippen molar-refractivity contribution in [3.8, 4) is 5.75 Å². The van der Waals surface area contributed by atoms with Crippen molar-refractivity contribution in [2.24, 2.45) is 0 Å². The zero-order chi connectivity index (χ0) is 24.6. The molecule has 0 saturated heterocycles. The molecule has 178 valence electrons. The minimum Gasteiger partial charge on any atom is -0.502 e. The molecule has 1 aromatic heterocycles. The van der Waals surface area contributed by atoms with Crippen LogP contribution in [0.2, 0.25) is 5.02 Å². The van der Waals surface area contributed by atoms with E-state index in [4.69, 9.17) is 11.6 Å². The predicted molar refractivity (Wildman–Crippen MR) is 126 cm³/mol. The molecule has 7 nitrogen and oxygen atoms in total. The molecule has 6 rings (SSSR count). The molecule has 1 atom stereocenters. The summed E-state index contributed by atoms with van der Waals surface area (Å²) in [5.41, 5.74) is 2.07. The molecule has 3 aromatic rings. The standard InChI is InChI=1S/C26H21ClFN3O4/c1-13-2-4-17-15(10-13)6-8-26(17)29-23(33)21-16-7-9-30(12-14-3-5-19(28)18(27)11-14)24(34)20(16)22(32)25(35)31(21)26/h2-5,10-11,32H,6-9,12H2,1H3,(H,29,33). The summed E-state index contributed by atoms with van der Waals surface area (Å²) >= 11 is 5.87. The highest BCUT2D eigenvalue weighted by molar-refractivity contribution is 6.30. The second-order valence-electron chi connectivity index (χ2n) is 9.39. The van der Waals surface area contributed by atoms with E-state index >= 15 is 0 Å². The van der Waals surface area contributed by atoms with E-state index in [2.05, 4.69) is 5.32 Å². The number of nitrogens with one attached hydrogen (secondary N) is 1. The first kappa shape index (κ1) is 21.9. The summed E-state index contributed by atoms with van der Waals surface area (Å²) < 4.78 is 14.9. The van der Waals surface area contributed by atoms with Gasteiger partial charge in [-0.05, 0) is 49.4 Å². The Bertz CT molecular complexity index is 1530. The second-order valence-corrected chi connectivity index (χ2v) is 9.80.